The van der Waals surface area contributed by atoms with Crippen LogP contribution in [0.1, 0.15) is 26.7 Å². The number of carbonyl (C=O) groups excluding carboxylic acids is 1. The number of aliphatic hydroxyl groups is 1. The van der Waals surface area contributed by atoms with Crippen molar-refractivity contribution in [1.82, 2.24) is 5.32 Å². The number of carbonyl (C=O) groups is 1. The summed E-state index contributed by atoms with van der Waals surface area (Å²) in [6.07, 6.45) is 1.65. The number of aliphatic hydroxyl groups excluding tert-OH is 1. The number of hydrogen-bond donors (Lipinski definition) is 2. The van der Waals surface area contributed by atoms with Crippen molar-refractivity contribution >= 4 is 5.91 Å². The smallest absolute Gasteiger partial charge is 0.222 e. The molecule has 0 aliphatic carbocycles. The van der Waals surface area contributed by atoms with Crippen molar-refractivity contribution in [2.45, 2.75) is 32.8 Å². The van der Waals surface area contributed by atoms with Gasteiger partial charge in [0.1, 0.15) is 0 Å². The summed E-state index contributed by atoms with van der Waals surface area (Å²) in [5, 5.41) is 12.4. The predicted molar refractivity (Wildman–Crippen MR) is 63.9 cm³/mol. The summed E-state index contributed by atoms with van der Waals surface area (Å²) in [6.45, 7) is 7.54. The largest absolute Gasteiger partial charge is 0.393 e. The van der Waals surface area contributed by atoms with E-state index in [1.807, 2.05) is 13.8 Å². The lowest BCUT2D eigenvalue weighted by Gasteiger charge is -2.39. The zero-order valence-corrected chi connectivity index (χ0v) is 10.7. The fourth-order valence-electron chi connectivity index (χ4n) is 2.05. The number of nitrogens with one attached hydrogen (secondary N) is 1. The van der Waals surface area contributed by atoms with E-state index in [4.69, 9.17) is 0 Å². The molecule has 1 rings (SSSR count). The molecule has 2 N–H and O–H groups in total. The van der Waals surface area contributed by atoms with Gasteiger partial charge < -0.3 is 14.9 Å². The van der Waals surface area contributed by atoms with Gasteiger partial charge in [0.15, 0.2) is 0 Å². The monoisotopic (exact) mass is 229 g/mol. The average molecular weight is 229 g/mol. The van der Waals surface area contributed by atoms with Gasteiger partial charge >= 0.3 is 0 Å². The highest BCUT2D eigenvalue weighted by Gasteiger charge is 2.28. The summed E-state index contributed by atoms with van der Waals surface area (Å²) in [5.41, 5.74) is 0. The van der Waals surface area contributed by atoms with Crippen LogP contribution in [-0.4, -0.2) is 54.8 Å². The number of quaternary nitrogens is 1. The summed E-state index contributed by atoms with van der Waals surface area (Å²) in [4.78, 5) is 11.4. The molecular weight excluding hydrogens is 204 g/mol. The predicted octanol–water partition coefficient (Wildman–Crippen LogP) is 0.360. The second kappa shape index (κ2) is 5.64. The van der Waals surface area contributed by atoms with E-state index < -0.39 is 0 Å². The molecule has 1 saturated heterocycles. The molecule has 1 aliphatic rings. The topological polar surface area (TPSA) is 49.3 Å². The molecule has 0 spiro atoms. The third kappa shape index (κ3) is 4.10. The Morgan fingerprint density at radius 3 is 2.50 bits per heavy atom. The van der Waals surface area contributed by atoms with Crippen molar-refractivity contribution in [3.8, 4) is 0 Å². The minimum atomic E-state index is -0.114. The van der Waals surface area contributed by atoms with E-state index in [1.165, 1.54) is 0 Å². The van der Waals surface area contributed by atoms with Gasteiger partial charge in [-0.3, -0.25) is 4.79 Å². The maximum atomic E-state index is 11.4. The Hall–Kier alpha value is -0.610. The Labute approximate surface area is 98.2 Å². The van der Waals surface area contributed by atoms with Crippen LogP contribution in [-0.2, 0) is 4.79 Å². The summed E-state index contributed by atoms with van der Waals surface area (Å²) in [6, 6.07) is 0. The normalized spacial score (nSPS) is 30.4. The molecule has 0 aromatic rings. The molecule has 0 aromatic heterocycles. The maximum absolute atomic E-state index is 11.4. The SMILES string of the molecule is CC(C)C(=O)NCC[N+]1(C)CCC(O)CC1. The molecular formula is C12H25N2O2+. The number of likely N-dealkylation sites (N-methyl/N-ethyl adjacent to an activating group) is 1. The highest BCUT2D eigenvalue weighted by molar-refractivity contribution is 5.77. The first kappa shape index (κ1) is 13.5. The lowest BCUT2D eigenvalue weighted by Crippen LogP contribution is -2.54. The van der Waals surface area contributed by atoms with Gasteiger partial charge in [0, 0.05) is 18.8 Å². The zero-order chi connectivity index (χ0) is 12.2. The summed E-state index contributed by atoms with van der Waals surface area (Å²) in [7, 11) is 2.20. The van der Waals surface area contributed by atoms with Gasteiger partial charge in [0.25, 0.3) is 0 Å². The van der Waals surface area contributed by atoms with E-state index in [0.29, 0.717) is 0 Å². The van der Waals surface area contributed by atoms with Gasteiger partial charge in [-0.05, 0) is 0 Å². The number of piperidine rings is 1. The van der Waals surface area contributed by atoms with Crippen molar-refractivity contribution in [3.05, 3.63) is 0 Å². The first-order valence-corrected chi connectivity index (χ1v) is 6.22. The average Bonchev–Trinajstić information content (AvgIpc) is 2.23. The van der Waals surface area contributed by atoms with E-state index in [0.717, 1.165) is 43.5 Å². The first-order valence-electron chi connectivity index (χ1n) is 6.22. The molecule has 1 heterocycles. The Balaban J connectivity index is 2.24. The molecule has 0 radical (unpaired) electrons. The van der Waals surface area contributed by atoms with Crippen LogP contribution in [0, 0.1) is 5.92 Å². The molecule has 0 unspecified atom stereocenters. The lowest BCUT2D eigenvalue weighted by molar-refractivity contribution is -0.913. The van der Waals surface area contributed by atoms with Gasteiger partial charge in [-0.15, -0.1) is 0 Å². The molecule has 0 bridgehead atoms. The Kier molecular flexibility index (Phi) is 4.74. The lowest BCUT2D eigenvalue weighted by atomic mass is 10.1. The Morgan fingerprint density at radius 1 is 1.44 bits per heavy atom. The highest BCUT2D eigenvalue weighted by atomic mass is 16.3. The van der Waals surface area contributed by atoms with E-state index in [9.17, 15) is 9.90 Å². The van der Waals surface area contributed by atoms with E-state index >= 15 is 0 Å². The van der Waals surface area contributed by atoms with Crippen molar-refractivity contribution in [2.24, 2.45) is 5.92 Å². The molecule has 0 aromatic carbocycles. The van der Waals surface area contributed by atoms with Gasteiger partial charge in [-0.25, -0.2) is 0 Å². The fraction of sp³-hybridized carbons (Fsp3) is 0.917. The molecule has 1 amide bonds. The van der Waals surface area contributed by atoms with Gasteiger partial charge in [-0.2, -0.15) is 0 Å². The van der Waals surface area contributed by atoms with E-state index in [-0.39, 0.29) is 17.9 Å². The second-order valence-electron chi connectivity index (χ2n) is 5.47. The van der Waals surface area contributed by atoms with Crippen molar-refractivity contribution < 1.29 is 14.4 Å². The highest BCUT2D eigenvalue weighted by Crippen LogP contribution is 2.15. The molecule has 4 nitrogen and oxygen atoms in total. The quantitative estimate of drug-likeness (QED) is 0.684. The summed E-state index contributed by atoms with van der Waals surface area (Å²) >= 11 is 0. The van der Waals surface area contributed by atoms with Gasteiger partial charge in [0.05, 0.1) is 39.3 Å². The van der Waals surface area contributed by atoms with Crippen molar-refractivity contribution in [2.75, 3.05) is 33.2 Å². The van der Waals surface area contributed by atoms with E-state index in [1.54, 1.807) is 0 Å². The first-order chi connectivity index (χ1) is 7.43. The van der Waals surface area contributed by atoms with Crippen LogP contribution in [0.3, 0.4) is 0 Å². The van der Waals surface area contributed by atoms with Crippen LogP contribution >= 0.6 is 0 Å². The van der Waals surface area contributed by atoms with E-state index in [2.05, 4.69) is 12.4 Å². The van der Waals surface area contributed by atoms with Gasteiger partial charge in [0.2, 0.25) is 5.91 Å². The molecule has 0 saturated carbocycles. The third-order valence-corrected chi connectivity index (χ3v) is 3.48. The summed E-state index contributed by atoms with van der Waals surface area (Å²) < 4.78 is 0.968. The van der Waals surface area contributed by atoms with Crippen molar-refractivity contribution in [3.63, 3.8) is 0 Å². The Bertz CT molecular complexity index is 233. The van der Waals surface area contributed by atoms with Crippen LogP contribution in [0.4, 0.5) is 0 Å². The summed E-state index contributed by atoms with van der Waals surface area (Å²) in [5.74, 6) is 0.192. The minimum Gasteiger partial charge on any atom is -0.393 e. The minimum absolute atomic E-state index is 0.0634. The fourth-order valence-corrected chi connectivity index (χ4v) is 2.05. The van der Waals surface area contributed by atoms with Gasteiger partial charge in [-0.1, -0.05) is 13.8 Å². The standard InChI is InChI=1S/C12H24N2O2/c1-10(2)12(16)13-6-9-14(3)7-4-11(15)5-8-14/h10-11,15H,4-9H2,1-3H3/p+1. The maximum Gasteiger partial charge on any atom is 0.222 e. The number of nitrogens with zero attached hydrogens (tertiary/aromatic N) is 1. The molecule has 0 atom stereocenters. The number of hydrogen-bond acceptors (Lipinski definition) is 2. The van der Waals surface area contributed by atoms with Crippen LogP contribution in [0.5, 0.6) is 0 Å². The molecule has 1 fully saturated rings. The molecule has 16 heavy (non-hydrogen) atoms. The Morgan fingerprint density at radius 2 is 2.00 bits per heavy atom. The van der Waals surface area contributed by atoms with Crippen LogP contribution < -0.4 is 5.32 Å². The zero-order valence-electron chi connectivity index (χ0n) is 10.7. The number of likely N-dealkylation sites (tertiary alicyclic amines) is 1. The molecule has 4 heteroatoms. The third-order valence-electron chi connectivity index (χ3n) is 3.48. The van der Waals surface area contributed by atoms with Crippen LogP contribution in [0.2, 0.25) is 0 Å². The number of rotatable bonds is 4. The van der Waals surface area contributed by atoms with Crippen LogP contribution in [0.15, 0.2) is 0 Å². The van der Waals surface area contributed by atoms with Crippen LogP contribution in [0.25, 0.3) is 0 Å². The molecule has 1 aliphatic heterocycles. The second-order valence-corrected chi connectivity index (χ2v) is 5.47. The van der Waals surface area contributed by atoms with Crippen molar-refractivity contribution in [1.29, 1.82) is 0 Å². The number of amides is 1. The molecule has 94 valence electrons.